The third kappa shape index (κ3) is 65.3. The lowest BCUT2D eigenvalue weighted by atomic mass is 10.0. The summed E-state index contributed by atoms with van der Waals surface area (Å²) in [6, 6.07) is 0. The number of ether oxygens (including phenoxy) is 3. The van der Waals surface area contributed by atoms with Crippen molar-refractivity contribution in [3.8, 4) is 0 Å². The van der Waals surface area contributed by atoms with Gasteiger partial charge in [-0.3, -0.25) is 14.4 Å². The first-order valence-electron chi connectivity index (χ1n) is 34.1. The van der Waals surface area contributed by atoms with Crippen LogP contribution in [0.4, 0.5) is 0 Å². The fourth-order valence-electron chi connectivity index (χ4n) is 9.76. The standard InChI is InChI=1S/C73H128O6/c1-4-7-10-13-16-19-22-25-27-29-31-32-33-34-35-36-37-38-39-40-42-43-45-48-51-54-57-60-63-66-72(75)78-69-70(68-77-71(74)65-62-59-56-53-50-47-24-21-18-15-12-9-6-3)79-73(76)67-64-61-58-55-52-49-46-44-41-30-28-26-23-20-17-14-11-8-5-2/h7,10,16,19,21,24-28,31-32,34-35,70H,4-6,8-9,11-15,17-18,20,22-23,29-30,33,36-69H2,1-3H3/b10-7-,19-16-,24-21-,27-25-,28-26-,32-31-,35-34-. The maximum absolute atomic E-state index is 12.9. The summed E-state index contributed by atoms with van der Waals surface area (Å²) in [5.41, 5.74) is 0. The zero-order chi connectivity index (χ0) is 57.1. The molecule has 1 unspecified atom stereocenters. The molecule has 0 rings (SSSR count). The summed E-state index contributed by atoms with van der Waals surface area (Å²) < 4.78 is 17.0. The first-order valence-corrected chi connectivity index (χ1v) is 34.1. The first kappa shape index (κ1) is 75.6. The van der Waals surface area contributed by atoms with Gasteiger partial charge in [-0.05, 0) is 116 Å². The zero-order valence-electron chi connectivity index (χ0n) is 52.4. The van der Waals surface area contributed by atoms with E-state index in [1.165, 1.54) is 205 Å². The van der Waals surface area contributed by atoms with Crippen LogP contribution in [0.3, 0.4) is 0 Å². The molecule has 0 saturated heterocycles. The van der Waals surface area contributed by atoms with E-state index in [9.17, 15) is 14.4 Å². The van der Waals surface area contributed by atoms with Crippen LogP contribution >= 0.6 is 0 Å². The summed E-state index contributed by atoms with van der Waals surface area (Å²) in [4.78, 5) is 38.4. The average Bonchev–Trinajstić information content (AvgIpc) is 3.45. The molecule has 0 aliphatic rings. The Morgan fingerprint density at radius 2 is 0.494 bits per heavy atom. The van der Waals surface area contributed by atoms with Crippen molar-refractivity contribution in [2.24, 2.45) is 0 Å². The Morgan fingerprint density at radius 3 is 0.797 bits per heavy atom. The molecular formula is C73H128O6. The van der Waals surface area contributed by atoms with Crippen LogP contribution in [0.25, 0.3) is 0 Å². The summed E-state index contributed by atoms with van der Waals surface area (Å²) >= 11 is 0. The van der Waals surface area contributed by atoms with Crippen LogP contribution in [-0.2, 0) is 28.6 Å². The van der Waals surface area contributed by atoms with Crippen molar-refractivity contribution in [2.75, 3.05) is 13.2 Å². The number of carbonyl (C=O) groups is 3. The fraction of sp³-hybridized carbons (Fsp3) is 0.767. The first-order chi connectivity index (χ1) is 39.0. The number of unbranched alkanes of at least 4 members (excludes halogenated alkanes) is 37. The average molecular weight is 1100 g/mol. The van der Waals surface area contributed by atoms with E-state index < -0.39 is 6.10 Å². The lowest BCUT2D eigenvalue weighted by Gasteiger charge is -2.18. The topological polar surface area (TPSA) is 78.9 Å². The van der Waals surface area contributed by atoms with Gasteiger partial charge in [0.25, 0.3) is 0 Å². The Morgan fingerprint density at radius 1 is 0.266 bits per heavy atom. The van der Waals surface area contributed by atoms with E-state index >= 15 is 0 Å². The van der Waals surface area contributed by atoms with Crippen molar-refractivity contribution in [3.63, 3.8) is 0 Å². The zero-order valence-corrected chi connectivity index (χ0v) is 52.4. The van der Waals surface area contributed by atoms with Gasteiger partial charge in [-0.25, -0.2) is 0 Å². The number of rotatable bonds is 62. The molecule has 6 nitrogen and oxygen atoms in total. The van der Waals surface area contributed by atoms with Gasteiger partial charge in [0.2, 0.25) is 0 Å². The van der Waals surface area contributed by atoms with Gasteiger partial charge in [-0.15, -0.1) is 0 Å². The molecule has 0 amide bonds. The Hall–Kier alpha value is -3.41. The van der Waals surface area contributed by atoms with E-state index in [-0.39, 0.29) is 31.1 Å². The smallest absolute Gasteiger partial charge is 0.306 e. The molecule has 0 radical (unpaired) electrons. The van der Waals surface area contributed by atoms with Gasteiger partial charge in [0.15, 0.2) is 6.10 Å². The van der Waals surface area contributed by atoms with Crippen molar-refractivity contribution in [1.29, 1.82) is 0 Å². The molecule has 0 fully saturated rings. The van der Waals surface area contributed by atoms with Gasteiger partial charge in [0.05, 0.1) is 0 Å². The quantitative estimate of drug-likeness (QED) is 0.0261. The van der Waals surface area contributed by atoms with Gasteiger partial charge < -0.3 is 14.2 Å². The van der Waals surface area contributed by atoms with E-state index in [0.29, 0.717) is 19.3 Å². The molecule has 0 N–H and O–H groups in total. The molecule has 0 aromatic heterocycles. The third-order valence-corrected chi connectivity index (χ3v) is 14.9. The molecule has 1 atom stereocenters. The van der Waals surface area contributed by atoms with Gasteiger partial charge in [0, 0.05) is 19.3 Å². The summed E-state index contributed by atoms with van der Waals surface area (Å²) in [5.74, 6) is -0.874. The lowest BCUT2D eigenvalue weighted by Crippen LogP contribution is -2.30. The molecule has 0 aliphatic heterocycles. The van der Waals surface area contributed by atoms with Crippen LogP contribution in [0.15, 0.2) is 85.1 Å². The summed E-state index contributed by atoms with van der Waals surface area (Å²) in [6.07, 6.45) is 88.9. The van der Waals surface area contributed by atoms with E-state index in [0.717, 1.165) is 96.3 Å². The van der Waals surface area contributed by atoms with Gasteiger partial charge >= 0.3 is 17.9 Å². The molecule has 456 valence electrons. The maximum Gasteiger partial charge on any atom is 0.306 e. The fourth-order valence-corrected chi connectivity index (χ4v) is 9.76. The summed E-state index contributed by atoms with van der Waals surface area (Å²) in [6.45, 7) is 6.54. The highest BCUT2D eigenvalue weighted by Gasteiger charge is 2.19. The highest BCUT2D eigenvalue weighted by Crippen LogP contribution is 2.17. The number of allylic oxidation sites excluding steroid dienone is 14. The number of hydrogen-bond donors (Lipinski definition) is 0. The Bertz CT molecular complexity index is 1500. The van der Waals surface area contributed by atoms with Crippen LogP contribution in [0.5, 0.6) is 0 Å². The minimum atomic E-state index is -0.781. The van der Waals surface area contributed by atoms with Crippen molar-refractivity contribution >= 4 is 17.9 Å². The van der Waals surface area contributed by atoms with Crippen molar-refractivity contribution in [3.05, 3.63) is 85.1 Å². The maximum atomic E-state index is 12.9. The Balaban J connectivity index is 4.25. The highest BCUT2D eigenvalue weighted by atomic mass is 16.6. The van der Waals surface area contributed by atoms with Gasteiger partial charge in [-0.1, -0.05) is 292 Å². The van der Waals surface area contributed by atoms with Crippen LogP contribution in [0, 0.1) is 0 Å². The minimum absolute atomic E-state index is 0.0778. The van der Waals surface area contributed by atoms with Crippen molar-refractivity contribution < 1.29 is 28.6 Å². The summed E-state index contributed by atoms with van der Waals surface area (Å²) in [5, 5.41) is 0. The van der Waals surface area contributed by atoms with E-state index in [1.807, 2.05) is 0 Å². The molecule has 0 saturated carbocycles. The van der Waals surface area contributed by atoms with E-state index in [1.54, 1.807) is 0 Å². The molecule has 0 bridgehead atoms. The molecule has 0 spiro atoms. The van der Waals surface area contributed by atoms with Gasteiger partial charge in [-0.2, -0.15) is 0 Å². The molecule has 0 aromatic carbocycles. The molecular weight excluding hydrogens is 973 g/mol. The van der Waals surface area contributed by atoms with E-state index in [4.69, 9.17) is 14.2 Å². The minimum Gasteiger partial charge on any atom is -0.462 e. The largest absolute Gasteiger partial charge is 0.462 e. The molecule has 6 heteroatoms. The summed E-state index contributed by atoms with van der Waals surface area (Å²) in [7, 11) is 0. The predicted molar refractivity (Wildman–Crippen MR) is 344 cm³/mol. The van der Waals surface area contributed by atoms with Crippen LogP contribution < -0.4 is 0 Å². The van der Waals surface area contributed by atoms with Crippen LogP contribution in [0.2, 0.25) is 0 Å². The Labute approximate surface area is 490 Å². The second-order valence-electron chi connectivity index (χ2n) is 22.7. The molecule has 0 heterocycles. The Kier molecular flexibility index (Phi) is 64.2. The SMILES string of the molecule is CC/C=C\C/C=C\C/C=C\C/C=C\C/C=C\CCCCCCCCCCCCCCCC(=O)OCC(COC(=O)CCCCCCC/C=C\CCCCCC)OC(=O)CCCCCCCCCCC/C=C\CCCCCCCC. The van der Waals surface area contributed by atoms with E-state index in [2.05, 4.69) is 106 Å². The molecule has 0 aliphatic carbocycles. The van der Waals surface area contributed by atoms with Crippen LogP contribution in [0.1, 0.15) is 342 Å². The monoisotopic (exact) mass is 1100 g/mol. The lowest BCUT2D eigenvalue weighted by molar-refractivity contribution is -0.167. The third-order valence-electron chi connectivity index (χ3n) is 14.9. The number of hydrogen-bond acceptors (Lipinski definition) is 6. The number of esters is 3. The normalized spacial score (nSPS) is 12.6. The molecule has 0 aromatic rings. The predicted octanol–water partition coefficient (Wildman–Crippen LogP) is 23.4. The second kappa shape index (κ2) is 67.1. The van der Waals surface area contributed by atoms with Crippen LogP contribution in [-0.4, -0.2) is 37.2 Å². The molecule has 79 heavy (non-hydrogen) atoms. The number of carbonyl (C=O) groups excluding carboxylic acids is 3. The van der Waals surface area contributed by atoms with Crippen molar-refractivity contribution in [1.82, 2.24) is 0 Å². The highest BCUT2D eigenvalue weighted by molar-refractivity contribution is 5.71. The second-order valence-corrected chi connectivity index (χ2v) is 22.7. The van der Waals surface area contributed by atoms with Crippen molar-refractivity contribution in [2.45, 2.75) is 348 Å². The van der Waals surface area contributed by atoms with Gasteiger partial charge in [0.1, 0.15) is 13.2 Å².